The molecule has 2 aromatic rings. The van der Waals surface area contributed by atoms with Crippen LogP contribution in [-0.4, -0.2) is 21.7 Å². The first-order valence-electron chi connectivity index (χ1n) is 7.55. The number of carbonyl (C=O) groups excluding carboxylic acids is 1. The molecule has 2 atom stereocenters. The van der Waals surface area contributed by atoms with Crippen LogP contribution in [0.2, 0.25) is 10.0 Å². The van der Waals surface area contributed by atoms with Crippen molar-refractivity contribution in [3.05, 3.63) is 46.1 Å². The molecule has 1 heterocycles. The summed E-state index contributed by atoms with van der Waals surface area (Å²) in [5.74, 6) is 0.635. The van der Waals surface area contributed by atoms with Crippen molar-refractivity contribution in [3.8, 4) is 0 Å². The minimum absolute atomic E-state index is 0.00176. The average Bonchev–Trinajstić information content (AvgIpc) is 3.11. The molecule has 1 aliphatic carbocycles. The summed E-state index contributed by atoms with van der Waals surface area (Å²) < 4.78 is 1.71. The molecule has 1 aliphatic rings. The number of rotatable bonds is 4. The molecule has 3 rings (SSSR count). The van der Waals surface area contributed by atoms with Gasteiger partial charge >= 0.3 is 0 Å². The summed E-state index contributed by atoms with van der Waals surface area (Å²) in [5.41, 5.74) is 6.76. The van der Waals surface area contributed by atoms with Gasteiger partial charge in [0.05, 0.1) is 12.7 Å². The number of nitrogens with one attached hydrogen (secondary N) is 1. The fourth-order valence-electron chi connectivity index (χ4n) is 2.86. The van der Waals surface area contributed by atoms with E-state index in [0.29, 0.717) is 22.4 Å². The molecule has 1 aromatic heterocycles. The molecule has 1 amide bonds. The van der Waals surface area contributed by atoms with Gasteiger partial charge in [-0.2, -0.15) is 5.10 Å². The lowest BCUT2D eigenvalue weighted by atomic mass is 10.1. The second-order valence-corrected chi connectivity index (χ2v) is 6.71. The largest absolute Gasteiger partial charge is 0.328 e. The van der Waals surface area contributed by atoms with Crippen molar-refractivity contribution < 1.29 is 4.79 Å². The number of benzene rings is 1. The van der Waals surface area contributed by atoms with E-state index in [1.54, 1.807) is 29.1 Å². The Bertz CT molecular complexity index is 716. The van der Waals surface area contributed by atoms with Crippen molar-refractivity contribution in [1.29, 1.82) is 0 Å². The summed E-state index contributed by atoms with van der Waals surface area (Å²) in [6, 6.07) is 7.23. The molecular formula is C16H18Cl2N4O. The lowest BCUT2D eigenvalue weighted by Gasteiger charge is -2.13. The molecule has 2 unspecified atom stereocenters. The van der Waals surface area contributed by atoms with Crippen molar-refractivity contribution in [2.75, 3.05) is 5.32 Å². The van der Waals surface area contributed by atoms with E-state index < -0.39 is 0 Å². The zero-order valence-electron chi connectivity index (χ0n) is 12.5. The Balaban J connectivity index is 1.71. The maximum atomic E-state index is 12.3. The zero-order valence-corrected chi connectivity index (χ0v) is 14.0. The van der Waals surface area contributed by atoms with E-state index >= 15 is 0 Å². The van der Waals surface area contributed by atoms with Crippen molar-refractivity contribution in [2.45, 2.75) is 31.8 Å². The highest BCUT2D eigenvalue weighted by atomic mass is 35.5. The number of aromatic nitrogens is 2. The topological polar surface area (TPSA) is 72.9 Å². The summed E-state index contributed by atoms with van der Waals surface area (Å²) in [7, 11) is 0. The first kappa shape index (κ1) is 16.3. The highest BCUT2D eigenvalue weighted by molar-refractivity contribution is 6.35. The molecule has 7 heteroatoms. The van der Waals surface area contributed by atoms with Crippen LogP contribution in [0.5, 0.6) is 0 Å². The Morgan fingerprint density at radius 1 is 1.35 bits per heavy atom. The molecule has 3 N–H and O–H groups in total. The molecule has 0 radical (unpaired) electrons. The van der Waals surface area contributed by atoms with Crippen LogP contribution < -0.4 is 11.1 Å². The molecule has 0 aliphatic heterocycles. The Kier molecular flexibility index (Phi) is 4.90. The lowest BCUT2D eigenvalue weighted by molar-refractivity contribution is -0.119. The van der Waals surface area contributed by atoms with Gasteiger partial charge in [0.25, 0.3) is 0 Å². The van der Waals surface area contributed by atoms with E-state index in [1.807, 2.05) is 6.07 Å². The summed E-state index contributed by atoms with van der Waals surface area (Å²) in [6.07, 6.45) is 4.13. The van der Waals surface area contributed by atoms with Gasteiger partial charge in [-0.1, -0.05) is 29.3 Å². The predicted octanol–water partition coefficient (Wildman–Crippen LogP) is 3.30. The third kappa shape index (κ3) is 3.86. The van der Waals surface area contributed by atoms with Crippen LogP contribution in [0.4, 0.5) is 5.82 Å². The van der Waals surface area contributed by atoms with E-state index in [0.717, 1.165) is 24.8 Å². The molecule has 1 aromatic carbocycles. The molecule has 1 fully saturated rings. The maximum Gasteiger partial charge on any atom is 0.228 e. The van der Waals surface area contributed by atoms with Gasteiger partial charge in [0, 0.05) is 28.1 Å². The van der Waals surface area contributed by atoms with Gasteiger partial charge in [0.15, 0.2) is 0 Å². The van der Waals surface area contributed by atoms with Gasteiger partial charge in [0.1, 0.15) is 5.82 Å². The second-order valence-electron chi connectivity index (χ2n) is 5.87. The number of carbonyl (C=O) groups is 1. The van der Waals surface area contributed by atoms with Crippen molar-refractivity contribution in [1.82, 2.24) is 9.78 Å². The Morgan fingerprint density at radius 2 is 2.17 bits per heavy atom. The van der Waals surface area contributed by atoms with Crippen LogP contribution in [-0.2, 0) is 11.3 Å². The van der Waals surface area contributed by atoms with Gasteiger partial charge in [-0.15, -0.1) is 0 Å². The van der Waals surface area contributed by atoms with Gasteiger partial charge < -0.3 is 11.1 Å². The third-order valence-corrected chi connectivity index (χ3v) is 4.73. The fourth-order valence-corrected chi connectivity index (χ4v) is 3.33. The number of nitrogens with zero attached hydrogens (tertiary/aromatic N) is 2. The van der Waals surface area contributed by atoms with E-state index in [2.05, 4.69) is 10.4 Å². The average molecular weight is 353 g/mol. The van der Waals surface area contributed by atoms with Crippen LogP contribution in [0, 0.1) is 5.92 Å². The Hall–Kier alpha value is -1.56. The van der Waals surface area contributed by atoms with Crippen molar-refractivity contribution in [3.63, 3.8) is 0 Å². The SMILES string of the molecule is NC1CCC(C(=O)Nc2ccnn2Cc2ccc(Cl)cc2Cl)C1. The van der Waals surface area contributed by atoms with Gasteiger partial charge in [0.2, 0.25) is 5.91 Å². The molecule has 1 saturated carbocycles. The van der Waals surface area contributed by atoms with Crippen LogP contribution in [0.3, 0.4) is 0 Å². The van der Waals surface area contributed by atoms with E-state index in [-0.39, 0.29) is 17.9 Å². The monoisotopic (exact) mass is 352 g/mol. The van der Waals surface area contributed by atoms with Crippen LogP contribution in [0.1, 0.15) is 24.8 Å². The van der Waals surface area contributed by atoms with Gasteiger partial charge in [-0.3, -0.25) is 4.79 Å². The Morgan fingerprint density at radius 3 is 2.87 bits per heavy atom. The molecule has 0 bridgehead atoms. The molecule has 5 nitrogen and oxygen atoms in total. The summed E-state index contributed by atoms with van der Waals surface area (Å²) in [5, 5.41) is 8.36. The maximum absolute atomic E-state index is 12.3. The lowest BCUT2D eigenvalue weighted by Crippen LogP contribution is -2.24. The minimum Gasteiger partial charge on any atom is -0.328 e. The first-order valence-corrected chi connectivity index (χ1v) is 8.30. The van der Waals surface area contributed by atoms with Gasteiger partial charge in [-0.05, 0) is 37.0 Å². The zero-order chi connectivity index (χ0) is 16.4. The number of hydrogen-bond acceptors (Lipinski definition) is 3. The van der Waals surface area contributed by atoms with E-state index in [9.17, 15) is 4.79 Å². The highest BCUT2D eigenvalue weighted by Gasteiger charge is 2.28. The summed E-state index contributed by atoms with van der Waals surface area (Å²) in [6.45, 7) is 0.461. The summed E-state index contributed by atoms with van der Waals surface area (Å²) in [4.78, 5) is 12.3. The number of amides is 1. The van der Waals surface area contributed by atoms with E-state index in [1.165, 1.54) is 0 Å². The Labute approximate surface area is 144 Å². The van der Waals surface area contributed by atoms with Crippen molar-refractivity contribution >= 4 is 34.9 Å². The molecule has 0 spiro atoms. The third-order valence-electron chi connectivity index (χ3n) is 4.15. The molecule has 122 valence electrons. The molecule has 23 heavy (non-hydrogen) atoms. The molecular weight excluding hydrogens is 335 g/mol. The number of hydrogen-bond donors (Lipinski definition) is 2. The smallest absolute Gasteiger partial charge is 0.228 e. The predicted molar refractivity (Wildman–Crippen MR) is 91.7 cm³/mol. The van der Waals surface area contributed by atoms with Gasteiger partial charge in [-0.25, -0.2) is 4.68 Å². The van der Waals surface area contributed by atoms with E-state index in [4.69, 9.17) is 28.9 Å². The van der Waals surface area contributed by atoms with Crippen LogP contribution in [0.25, 0.3) is 0 Å². The summed E-state index contributed by atoms with van der Waals surface area (Å²) >= 11 is 12.1. The number of halogens is 2. The van der Waals surface area contributed by atoms with Crippen molar-refractivity contribution in [2.24, 2.45) is 11.7 Å². The first-order chi connectivity index (χ1) is 11.0. The fraction of sp³-hybridized carbons (Fsp3) is 0.375. The second kappa shape index (κ2) is 6.91. The minimum atomic E-state index is -0.0209. The van der Waals surface area contributed by atoms with Crippen LogP contribution in [0.15, 0.2) is 30.5 Å². The quantitative estimate of drug-likeness (QED) is 0.886. The standard InChI is InChI=1S/C16H18Cl2N4O/c17-12-3-1-11(14(18)8-12)9-22-15(5-6-20-22)21-16(23)10-2-4-13(19)7-10/h1,3,5-6,8,10,13H,2,4,7,9,19H2,(H,21,23). The highest BCUT2D eigenvalue weighted by Crippen LogP contribution is 2.26. The molecule has 0 saturated heterocycles. The number of anilines is 1. The van der Waals surface area contributed by atoms with Crippen LogP contribution >= 0.6 is 23.2 Å². The number of nitrogens with two attached hydrogens (primary N) is 1. The normalized spacial score (nSPS) is 20.7.